The number of hydrogen-bond donors (Lipinski definition) is 0. The first-order valence-electron chi connectivity index (χ1n) is 11.6. The summed E-state index contributed by atoms with van der Waals surface area (Å²) in [6.45, 7) is 17.6. The van der Waals surface area contributed by atoms with Crippen molar-refractivity contribution in [3.8, 4) is 0 Å². The van der Waals surface area contributed by atoms with Gasteiger partial charge >= 0.3 is 5.97 Å². The van der Waals surface area contributed by atoms with Crippen LogP contribution < -0.4 is 0 Å². The number of methoxy groups -OCH3 is 3. The minimum Gasteiger partial charge on any atom is -0.463 e. The molecule has 0 aliphatic rings. The van der Waals surface area contributed by atoms with E-state index in [2.05, 4.69) is 40.8 Å². The van der Waals surface area contributed by atoms with Crippen molar-refractivity contribution in [2.75, 3.05) is 27.9 Å². The summed E-state index contributed by atoms with van der Waals surface area (Å²) in [4.78, 5) is 11.5. The maximum atomic E-state index is 11.5. The molecule has 0 amide bonds. The molecule has 0 heterocycles. The molecule has 0 radical (unpaired) electrons. The van der Waals surface area contributed by atoms with Crippen LogP contribution in [0.25, 0.3) is 0 Å². The summed E-state index contributed by atoms with van der Waals surface area (Å²) in [5, 5.41) is 0.119. The predicted octanol–water partition coefficient (Wildman–Crippen LogP) is 5.88. The zero-order chi connectivity index (χ0) is 24.9. The number of carbonyl (C=O) groups excluding carboxylic acids is 1. The molecule has 0 bridgehead atoms. The highest BCUT2D eigenvalue weighted by molar-refractivity contribution is 6.74. The number of allylic oxidation sites excluding steroid dienone is 2. The summed E-state index contributed by atoms with van der Waals surface area (Å²) in [5.41, 5.74) is 1.04. The smallest absolute Gasteiger partial charge is 0.330 e. The van der Waals surface area contributed by atoms with Crippen molar-refractivity contribution in [2.24, 2.45) is 5.92 Å². The van der Waals surface area contributed by atoms with E-state index in [0.717, 1.165) is 24.8 Å². The van der Waals surface area contributed by atoms with Gasteiger partial charge in [0.05, 0.1) is 12.7 Å². The Bertz CT molecular complexity index is 590. The van der Waals surface area contributed by atoms with Crippen LogP contribution in [-0.4, -0.2) is 60.7 Å². The monoisotopic (exact) mass is 472 g/mol. The van der Waals surface area contributed by atoms with Crippen molar-refractivity contribution < 1.29 is 28.2 Å². The van der Waals surface area contributed by atoms with Gasteiger partial charge in [-0.3, -0.25) is 0 Å². The Labute approximate surface area is 197 Å². The third-order valence-corrected chi connectivity index (χ3v) is 10.8. The molecule has 0 aromatic carbocycles. The number of ether oxygens (including phenoxy) is 4. The normalized spacial score (nSPS) is 16.4. The van der Waals surface area contributed by atoms with E-state index in [0.29, 0.717) is 6.61 Å². The molecule has 0 aliphatic carbocycles. The minimum absolute atomic E-state index is 0.0510. The summed E-state index contributed by atoms with van der Waals surface area (Å²) >= 11 is 0. The summed E-state index contributed by atoms with van der Waals surface area (Å²) in [5.74, 6) is -0.0925. The Balaban J connectivity index is 5.46. The first-order chi connectivity index (χ1) is 14.8. The van der Waals surface area contributed by atoms with E-state index >= 15 is 0 Å². The third-order valence-electron chi connectivity index (χ3n) is 6.29. The van der Waals surface area contributed by atoms with Crippen molar-refractivity contribution in [2.45, 2.75) is 97.4 Å². The molecule has 188 valence electrons. The Hall–Kier alpha value is -0.993. The number of rotatable bonds is 15. The fourth-order valence-electron chi connectivity index (χ4n) is 3.25. The number of carbonyl (C=O) groups is 1. The van der Waals surface area contributed by atoms with Crippen LogP contribution in [0.15, 0.2) is 23.8 Å². The van der Waals surface area contributed by atoms with E-state index in [1.54, 1.807) is 34.3 Å². The van der Waals surface area contributed by atoms with Gasteiger partial charge in [-0.1, -0.05) is 39.8 Å². The molecule has 0 rings (SSSR count). The van der Waals surface area contributed by atoms with Gasteiger partial charge in [-0.25, -0.2) is 4.79 Å². The molecule has 3 atom stereocenters. The highest BCUT2D eigenvalue weighted by atomic mass is 28.4. The molecule has 6 nitrogen and oxygen atoms in total. The molecule has 0 aromatic rings. The Morgan fingerprint density at radius 2 is 1.62 bits per heavy atom. The van der Waals surface area contributed by atoms with Gasteiger partial charge in [0.1, 0.15) is 0 Å². The lowest BCUT2D eigenvalue weighted by Crippen LogP contribution is -2.45. The maximum Gasteiger partial charge on any atom is 0.330 e. The molecule has 0 spiro atoms. The van der Waals surface area contributed by atoms with E-state index < -0.39 is 8.32 Å². The van der Waals surface area contributed by atoms with Gasteiger partial charge < -0.3 is 23.4 Å². The van der Waals surface area contributed by atoms with Crippen LogP contribution in [0.2, 0.25) is 18.1 Å². The zero-order valence-corrected chi connectivity index (χ0v) is 23.3. The van der Waals surface area contributed by atoms with E-state index in [1.165, 1.54) is 6.08 Å². The Morgan fingerprint density at radius 1 is 1.03 bits per heavy atom. The summed E-state index contributed by atoms with van der Waals surface area (Å²) < 4.78 is 28.4. The lowest BCUT2D eigenvalue weighted by molar-refractivity contribution is -0.137. The van der Waals surface area contributed by atoms with Gasteiger partial charge in [0, 0.05) is 45.8 Å². The standard InChI is InChI=1S/C25H48O6Si/c1-12-30-23(26)15-13-14-19(2)22(27-7)18-21(31-32(10,11)25(4,5)6)17-16-20(3)24(28-8)29-9/h13-15,20-22,24H,12,16-18H2,1-11H3/b15-13+,19-14+/t20-,21+,22+/m1/s1. The first-order valence-corrected chi connectivity index (χ1v) is 14.5. The molecule has 0 unspecified atom stereocenters. The van der Waals surface area contributed by atoms with E-state index in [9.17, 15) is 4.79 Å². The van der Waals surface area contributed by atoms with Crippen LogP contribution in [0.5, 0.6) is 0 Å². The fraction of sp³-hybridized carbons (Fsp3) is 0.800. The van der Waals surface area contributed by atoms with Crippen LogP contribution in [0.4, 0.5) is 0 Å². The molecule has 0 fully saturated rings. The second kappa shape index (κ2) is 15.0. The summed E-state index contributed by atoms with van der Waals surface area (Å²) in [6, 6.07) is 0. The average Bonchev–Trinajstić information content (AvgIpc) is 2.69. The van der Waals surface area contributed by atoms with Gasteiger partial charge in [-0.15, -0.1) is 0 Å². The van der Waals surface area contributed by atoms with Gasteiger partial charge in [-0.05, 0) is 50.4 Å². The average molecular weight is 473 g/mol. The highest BCUT2D eigenvalue weighted by Gasteiger charge is 2.39. The van der Waals surface area contributed by atoms with E-state index in [4.69, 9.17) is 23.4 Å². The second-order valence-electron chi connectivity index (χ2n) is 9.88. The molecule has 32 heavy (non-hydrogen) atoms. The second-order valence-corrected chi connectivity index (χ2v) is 14.6. The molecule has 7 heteroatoms. The zero-order valence-electron chi connectivity index (χ0n) is 22.3. The van der Waals surface area contributed by atoms with Crippen molar-refractivity contribution in [3.05, 3.63) is 23.8 Å². The highest BCUT2D eigenvalue weighted by Crippen LogP contribution is 2.38. The van der Waals surface area contributed by atoms with Gasteiger partial charge in [0.15, 0.2) is 14.6 Å². The molecule has 0 saturated carbocycles. The minimum atomic E-state index is -1.96. The van der Waals surface area contributed by atoms with Gasteiger partial charge in [0.25, 0.3) is 0 Å². The van der Waals surface area contributed by atoms with Crippen molar-refractivity contribution in [1.82, 2.24) is 0 Å². The predicted molar refractivity (Wildman–Crippen MR) is 133 cm³/mol. The lowest BCUT2D eigenvalue weighted by Gasteiger charge is -2.40. The fourth-order valence-corrected chi connectivity index (χ4v) is 4.65. The molecule has 0 saturated heterocycles. The quantitative estimate of drug-likeness (QED) is 0.0974. The van der Waals surface area contributed by atoms with Crippen molar-refractivity contribution >= 4 is 14.3 Å². The molecule has 0 aliphatic heterocycles. The van der Waals surface area contributed by atoms with E-state index in [1.807, 2.05) is 13.0 Å². The van der Waals surface area contributed by atoms with E-state index in [-0.39, 0.29) is 35.4 Å². The number of hydrogen-bond acceptors (Lipinski definition) is 6. The number of esters is 1. The summed E-state index contributed by atoms with van der Waals surface area (Å²) in [7, 11) is 3.10. The van der Waals surface area contributed by atoms with Crippen LogP contribution in [-0.2, 0) is 28.2 Å². The molecule has 0 N–H and O–H groups in total. The maximum absolute atomic E-state index is 11.5. The van der Waals surface area contributed by atoms with Gasteiger partial charge in [0.2, 0.25) is 0 Å². The van der Waals surface area contributed by atoms with Crippen LogP contribution in [0, 0.1) is 5.92 Å². The Kier molecular flexibility index (Phi) is 14.5. The molecular formula is C25H48O6Si. The van der Waals surface area contributed by atoms with Gasteiger partial charge in [-0.2, -0.15) is 0 Å². The summed E-state index contributed by atoms with van der Waals surface area (Å²) in [6.07, 6.45) is 7.34. The molecular weight excluding hydrogens is 424 g/mol. The van der Waals surface area contributed by atoms with Crippen LogP contribution in [0.1, 0.15) is 60.8 Å². The van der Waals surface area contributed by atoms with Crippen molar-refractivity contribution in [1.29, 1.82) is 0 Å². The topological polar surface area (TPSA) is 63.2 Å². The largest absolute Gasteiger partial charge is 0.463 e. The Morgan fingerprint density at radius 3 is 2.09 bits per heavy atom. The SMILES string of the molecule is CCOC(=O)/C=C/C=C(\C)[C@H](C[C@H](CC[C@@H](C)C(OC)OC)O[Si](C)(C)C(C)(C)C)OC. The first kappa shape index (κ1) is 31.0. The molecule has 0 aromatic heterocycles. The van der Waals surface area contributed by atoms with Crippen LogP contribution in [0.3, 0.4) is 0 Å². The van der Waals surface area contributed by atoms with Crippen LogP contribution >= 0.6 is 0 Å². The lowest BCUT2D eigenvalue weighted by atomic mass is 9.97. The third kappa shape index (κ3) is 11.2. The van der Waals surface area contributed by atoms with Crippen molar-refractivity contribution in [3.63, 3.8) is 0 Å².